The highest BCUT2D eigenvalue weighted by Gasteiger charge is 2.51. The average molecular weight is 493 g/mol. The fourth-order valence-corrected chi connectivity index (χ4v) is 6.54. The lowest BCUT2D eigenvalue weighted by Crippen LogP contribution is -2.48. The molecule has 10 nitrogen and oxygen atoms in total. The molecular weight excluding hydrogens is 460 g/mol. The first kappa shape index (κ1) is 24.5. The molecule has 4 amide bonds. The van der Waals surface area contributed by atoms with Crippen molar-refractivity contribution in [3.63, 3.8) is 0 Å². The summed E-state index contributed by atoms with van der Waals surface area (Å²) < 4.78 is 32.8. The van der Waals surface area contributed by atoms with Crippen LogP contribution in [-0.2, 0) is 19.6 Å². The van der Waals surface area contributed by atoms with E-state index in [-0.39, 0.29) is 29.5 Å². The van der Waals surface area contributed by atoms with Gasteiger partial charge in [0.25, 0.3) is 5.91 Å². The van der Waals surface area contributed by atoms with Crippen molar-refractivity contribution < 1.29 is 27.5 Å². The van der Waals surface area contributed by atoms with E-state index < -0.39 is 27.5 Å². The number of anilines is 1. The van der Waals surface area contributed by atoms with Crippen molar-refractivity contribution >= 4 is 33.6 Å². The molecule has 0 atom stereocenters. The summed E-state index contributed by atoms with van der Waals surface area (Å²) in [5.41, 5.74) is -0.599. The lowest BCUT2D eigenvalue weighted by Gasteiger charge is -2.30. The van der Waals surface area contributed by atoms with Gasteiger partial charge < -0.3 is 15.4 Å². The van der Waals surface area contributed by atoms with Gasteiger partial charge in [0.1, 0.15) is 11.3 Å². The van der Waals surface area contributed by atoms with Crippen LogP contribution in [0.4, 0.5) is 10.5 Å². The van der Waals surface area contributed by atoms with Gasteiger partial charge in [0.05, 0.1) is 17.7 Å². The van der Waals surface area contributed by atoms with Crippen LogP contribution in [-0.4, -0.2) is 67.8 Å². The number of hydrogen-bond donors (Lipinski definition) is 2. The van der Waals surface area contributed by atoms with Gasteiger partial charge in [-0.25, -0.2) is 13.2 Å². The normalized spacial score (nSPS) is 20.9. The number of urea groups is 1. The summed E-state index contributed by atoms with van der Waals surface area (Å²) in [6.45, 7) is 0.902. The number of rotatable bonds is 7. The van der Waals surface area contributed by atoms with Crippen LogP contribution in [0.1, 0.15) is 57.8 Å². The van der Waals surface area contributed by atoms with Crippen LogP contribution in [0.15, 0.2) is 23.1 Å². The van der Waals surface area contributed by atoms with E-state index in [1.807, 2.05) is 0 Å². The maximum atomic E-state index is 13.0. The van der Waals surface area contributed by atoms with Gasteiger partial charge in [-0.3, -0.25) is 14.5 Å². The number of ether oxygens (including phenoxy) is 1. The molecule has 186 valence electrons. The van der Waals surface area contributed by atoms with E-state index in [2.05, 4.69) is 10.6 Å². The highest BCUT2D eigenvalue weighted by molar-refractivity contribution is 7.89. The molecule has 1 spiro atoms. The summed E-state index contributed by atoms with van der Waals surface area (Å²) in [5.74, 6) is -0.393. The molecule has 1 aliphatic carbocycles. The summed E-state index contributed by atoms with van der Waals surface area (Å²) in [6.07, 6.45) is 6.60. The summed E-state index contributed by atoms with van der Waals surface area (Å²) >= 11 is 0. The molecule has 1 aromatic carbocycles. The lowest BCUT2D eigenvalue weighted by atomic mass is 9.82. The summed E-state index contributed by atoms with van der Waals surface area (Å²) in [4.78, 5) is 39.2. The number of nitrogens with zero attached hydrogens (tertiary/aromatic N) is 2. The minimum Gasteiger partial charge on any atom is -0.495 e. The monoisotopic (exact) mass is 492 g/mol. The Bertz CT molecular complexity index is 1060. The van der Waals surface area contributed by atoms with Gasteiger partial charge in [-0.05, 0) is 43.9 Å². The number of methoxy groups -OCH3 is 1. The molecular formula is C23H32N4O6S. The van der Waals surface area contributed by atoms with E-state index in [1.165, 1.54) is 29.6 Å². The van der Waals surface area contributed by atoms with E-state index >= 15 is 0 Å². The number of piperidine rings is 1. The van der Waals surface area contributed by atoms with Gasteiger partial charge in [0.2, 0.25) is 15.9 Å². The SMILES string of the molecule is COc1ccc(S(=O)(=O)N2CCCCC2)cc1NC(=O)CCN1C(=O)NC2(CCCCC2)C1=O. The number of carbonyl (C=O) groups excluding carboxylic acids is 3. The van der Waals surface area contributed by atoms with Gasteiger partial charge in [-0.1, -0.05) is 25.7 Å². The van der Waals surface area contributed by atoms with Crippen molar-refractivity contribution in [2.75, 3.05) is 32.1 Å². The molecule has 1 saturated carbocycles. The van der Waals surface area contributed by atoms with Gasteiger partial charge >= 0.3 is 6.03 Å². The maximum absolute atomic E-state index is 13.0. The second-order valence-corrected chi connectivity index (χ2v) is 11.1. The van der Waals surface area contributed by atoms with Crippen molar-refractivity contribution in [1.82, 2.24) is 14.5 Å². The molecule has 0 radical (unpaired) electrons. The number of hydrogen-bond acceptors (Lipinski definition) is 6. The van der Waals surface area contributed by atoms with Crippen molar-refractivity contribution in [2.45, 2.75) is 68.2 Å². The second-order valence-electron chi connectivity index (χ2n) is 9.15. The quantitative estimate of drug-likeness (QED) is 0.563. The largest absolute Gasteiger partial charge is 0.495 e. The Morgan fingerprint density at radius 2 is 1.76 bits per heavy atom. The third kappa shape index (κ3) is 4.76. The molecule has 2 N–H and O–H groups in total. The third-order valence-corrected chi connectivity index (χ3v) is 8.81. The van der Waals surface area contributed by atoms with Crippen LogP contribution in [0.3, 0.4) is 0 Å². The first-order valence-corrected chi connectivity index (χ1v) is 13.3. The van der Waals surface area contributed by atoms with Crippen molar-refractivity contribution in [2.24, 2.45) is 0 Å². The Balaban J connectivity index is 1.43. The predicted octanol–water partition coefficient (Wildman–Crippen LogP) is 2.45. The van der Waals surface area contributed by atoms with Gasteiger partial charge in [-0.15, -0.1) is 0 Å². The zero-order valence-electron chi connectivity index (χ0n) is 19.5. The molecule has 2 saturated heterocycles. The fourth-order valence-electron chi connectivity index (χ4n) is 5.00. The summed E-state index contributed by atoms with van der Waals surface area (Å²) in [6, 6.07) is 3.91. The van der Waals surface area contributed by atoms with E-state index in [0.29, 0.717) is 31.7 Å². The zero-order valence-corrected chi connectivity index (χ0v) is 20.3. The average Bonchev–Trinajstić information content (AvgIpc) is 3.06. The lowest BCUT2D eigenvalue weighted by molar-refractivity contribution is -0.132. The Morgan fingerprint density at radius 3 is 2.44 bits per heavy atom. The first-order chi connectivity index (χ1) is 16.3. The Kier molecular flexibility index (Phi) is 7.13. The Hall–Kier alpha value is -2.66. The van der Waals surface area contributed by atoms with Gasteiger partial charge in [-0.2, -0.15) is 4.31 Å². The number of benzene rings is 1. The fraction of sp³-hybridized carbons (Fsp3) is 0.609. The summed E-state index contributed by atoms with van der Waals surface area (Å²) in [7, 11) is -2.25. The van der Waals surface area contributed by atoms with Crippen LogP contribution < -0.4 is 15.4 Å². The third-order valence-electron chi connectivity index (χ3n) is 6.91. The molecule has 4 rings (SSSR count). The first-order valence-electron chi connectivity index (χ1n) is 11.9. The molecule has 11 heteroatoms. The molecule has 2 heterocycles. The molecule has 0 aromatic heterocycles. The van der Waals surface area contributed by atoms with Gasteiger partial charge in [0.15, 0.2) is 0 Å². The minimum absolute atomic E-state index is 0.0493. The molecule has 0 unspecified atom stereocenters. The molecule has 34 heavy (non-hydrogen) atoms. The van der Waals surface area contributed by atoms with Crippen LogP contribution in [0.25, 0.3) is 0 Å². The molecule has 2 aliphatic heterocycles. The topological polar surface area (TPSA) is 125 Å². The maximum Gasteiger partial charge on any atom is 0.325 e. The molecule has 1 aromatic rings. The van der Waals surface area contributed by atoms with Crippen LogP contribution in [0.5, 0.6) is 5.75 Å². The molecule has 0 bridgehead atoms. The number of sulfonamides is 1. The van der Waals surface area contributed by atoms with Crippen molar-refractivity contribution in [3.05, 3.63) is 18.2 Å². The van der Waals surface area contributed by atoms with Crippen molar-refractivity contribution in [1.29, 1.82) is 0 Å². The van der Waals surface area contributed by atoms with Crippen LogP contribution in [0, 0.1) is 0 Å². The molecule has 3 fully saturated rings. The number of carbonyl (C=O) groups is 3. The Morgan fingerprint density at radius 1 is 1.09 bits per heavy atom. The molecule has 3 aliphatic rings. The number of amides is 4. The standard InChI is InChI=1S/C23H32N4O6S/c1-33-19-9-8-17(34(31,32)26-13-6-3-7-14-26)16-18(19)24-20(28)10-15-27-21(29)23(25-22(27)30)11-4-2-5-12-23/h8-9,16H,2-7,10-15H2,1H3,(H,24,28)(H,25,30). The van der Waals surface area contributed by atoms with Crippen LogP contribution in [0.2, 0.25) is 0 Å². The van der Waals surface area contributed by atoms with Crippen molar-refractivity contribution in [3.8, 4) is 5.75 Å². The predicted molar refractivity (Wildman–Crippen MR) is 125 cm³/mol. The highest BCUT2D eigenvalue weighted by atomic mass is 32.2. The van der Waals surface area contributed by atoms with E-state index in [0.717, 1.165) is 43.4 Å². The highest BCUT2D eigenvalue weighted by Crippen LogP contribution is 2.34. The Labute approximate surface area is 200 Å². The second kappa shape index (κ2) is 9.91. The smallest absolute Gasteiger partial charge is 0.325 e. The van der Waals surface area contributed by atoms with Crippen LogP contribution >= 0.6 is 0 Å². The van der Waals surface area contributed by atoms with Gasteiger partial charge in [0, 0.05) is 26.1 Å². The zero-order chi connectivity index (χ0) is 24.3. The number of imide groups is 1. The van der Waals surface area contributed by atoms with E-state index in [1.54, 1.807) is 0 Å². The van der Waals surface area contributed by atoms with E-state index in [4.69, 9.17) is 4.74 Å². The van der Waals surface area contributed by atoms with E-state index in [9.17, 15) is 22.8 Å². The number of nitrogens with one attached hydrogen (secondary N) is 2. The minimum atomic E-state index is -3.68. The summed E-state index contributed by atoms with van der Waals surface area (Å²) in [5, 5.41) is 5.52.